The van der Waals surface area contributed by atoms with E-state index < -0.39 is 12.1 Å². The van der Waals surface area contributed by atoms with Gasteiger partial charge in [0.2, 0.25) is 5.91 Å². The van der Waals surface area contributed by atoms with Crippen molar-refractivity contribution >= 4 is 28.8 Å². The van der Waals surface area contributed by atoms with Crippen LogP contribution in [0, 0.1) is 5.92 Å². The molecule has 144 valence electrons. The molecule has 0 atom stereocenters. The quantitative estimate of drug-likeness (QED) is 0.842. The van der Waals surface area contributed by atoms with Gasteiger partial charge in [0.1, 0.15) is 5.75 Å². The number of carbonyl (C=O) groups is 2. The van der Waals surface area contributed by atoms with E-state index in [1.165, 1.54) is 23.5 Å². The number of amides is 2. The van der Waals surface area contributed by atoms with Crippen molar-refractivity contribution in [2.45, 2.75) is 19.2 Å². The monoisotopic (exact) mass is 398 g/mol. The first-order chi connectivity index (χ1) is 12.8. The van der Waals surface area contributed by atoms with E-state index in [9.17, 15) is 22.8 Å². The number of benzene rings is 1. The van der Waals surface area contributed by atoms with E-state index in [0.29, 0.717) is 30.8 Å². The van der Waals surface area contributed by atoms with Gasteiger partial charge in [-0.15, -0.1) is 24.5 Å². The van der Waals surface area contributed by atoms with Crippen molar-refractivity contribution in [3.8, 4) is 5.75 Å². The summed E-state index contributed by atoms with van der Waals surface area (Å²) in [5, 5.41) is 4.46. The lowest BCUT2D eigenvalue weighted by Gasteiger charge is -2.31. The first-order valence-corrected chi connectivity index (χ1v) is 9.19. The molecule has 0 spiro atoms. The Morgan fingerprint density at radius 2 is 1.89 bits per heavy atom. The highest BCUT2D eigenvalue weighted by Gasteiger charge is 2.31. The highest BCUT2D eigenvalue weighted by atomic mass is 32.1. The third-order valence-corrected chi connectivity index (χ3v) is 5.08. The fraction of sp³-hybridized carbons (Fsp3) is 0.333. The lowest BCUT2D eigenvalue weighted by molar-refractivity contribution is -0.274. The molecule has 5 nitrogen and oxygen atoms in total. The van der Waals surface area contributed by atoms with Crippen molar-refractivity contribution in [1.82, 2.24) is 4.90 Å². The Morgan fingerprint density at radius 3 is 2.52 bits per heavy atom. The van der Waals surface area contributed by atoms with Gasteiger partial charge in [-0.3, -0.25) is 9.59 Å². The first-order valence-electron chi connectivity index (χ1n) is 8.31. The van der Waals surface area contributed by atoms with Crippen molar-refractivity contribution in [2.75, 3.05) is 18.4 Å². The predicted octanol–water partition coefficient (Wildman–Crippen LogP) is 4.14. The molecule has 2 amide bonds. The molecule has 0 bridgehead atoms. The summed E-state index contributed by atoms with van der Waals surface area (Å²) in [6.45, 7) is 0.929. The summed E-state index contributed by atoms with van der Waals surface area (Å²) < 4.78 is 40.7. The highest BCUT2D eigenvalue weighted by molar-refractivity contribution is 7.12. The van der Waals surface area contributed by atoms with Crippen molar-refractivity contribution < 1.29 is 27.5 Å². The minimum Gasteiger partial charge on any atom is -0.406 e. The average molecular weight is 398 g/mol. The van der Waals surface area contributed by atoms with Gasteiger partial charge in [-0.05, 0) is 36.4 Å². The molecule has 1 aliphatic heterocycles. The van der Waals surface area contributed by atoms with Crippen molar-refractivity contribution in [1.29, 1.82) is 0 Å². The van der Waals surface area contributed by atoms with E-state index in [4.69, 9.17) is 0 Å². The average Bonchev–Trinajstić information content (AvgIpc) is 3.14. The van der Waals surface area contributed by atoms with E-state index in [-0.39, 0.29) is 23.4 Å². The molecular weight excluding hydrogens is 381 g/mol. The molecular formula is C18H17F3N2O3S. The van der Waals surface area contributed by atoms with Crippen LogP contribution in [0.3, 0.4) is 0 Å². The third kappa shape index (κ3) is 5.22. The summed E-state index contributed by atoms with van der Waals surface area (Å²) in [5.41, 5.74) is 0.235. The summed E-state index contributed by atoms with van der Waals surface area (Å²) in [6.07, 6.45) is -3.78. The number of piperidine rings is 1. The van der Waals surface area contributed by atoms with Crippen LogP contribution in [-0.2, 0) is 4.79 Å². The first kappa shape index (κ1) is 19.2. The van der Waals surface area contributed by atoms with Gasteiger partial charge in [0.15, 0.2) is 0 Å². The zero-order chi connectivity index (χ0) is 19.4. The molecule has 1 fully saturated rings. The second-order valence-corrected chi connectivity index (χ2v) is 7.06. The number of nitrogens with zero attached hydrogens (tertiary/aromatic N) is 1. The van der Waals surface area contributed by atoms with E-state index in [1.54, 1.807) is 11.0 Å². The molecule has 1 aliphatic rings. The van der Waals surface area contributed by atoms with Crippen LogP contribution in [0.2, 0.25) is 0 Å². The number of thiophene rings is 1. The molecule has 0 aliphatic carbocycles. The van der Waals surface area contributed by atoms with E-state index in [0.717, 1.165) is 12.1 Å². The number of hydrogen-bond acceptors (Lipinski definition) is 4. The second-order valence-electron chi connectivity index (χ2n) is 6.11. The van der Waals surface area contributed by atoms with Crippen LogP contribution in [0.25, 0.3) is 0 Å². The predicted molar refractivity (Wildman–Crippen MR) is 94.7 cm³/mol. The Labute approximate surface area is 157 Å². The summed E-state index contributed by atoms with van der Waals surface area (Å²) >= 11 is 1.38. The topological polar surface area (TPSA) is 58.6 Å². The van der Waals surface area contributed by atoms with Gasteiger partial charge in [-0.1, -0.05) is 12.1 Å². The SMILES string of the molecule is O=C(Nc1cccc(OC(F)(F)F)c1)C1CCN(C(=O)c2cccs2)CC1. The number of halogens is 3. The van der Waals surface area contributed by atoms with Crippen LogP contribution in [0.15, 0.2) is 41.8 Å². The minimum absolute atomic E-state index is 0.0409. The van der Waals surface area contributed by atoms with Crippen molar-refractivity contribution in [2.24, 2.45) is 5.92 Å². The van der Waals surface area contributed by atoms with Crippen LogP contribution in [0.4, 0.5) is 18.9 Å². The molecule has 0 radical (unpaired) electrons. The number of rotatable bonds is 4. The Morgan fingerprint density at radius 1 is 1.15 bits per heavy atom. The Kier molecular flexibility index (Phi) is 5.69. The zero-order valence-electron chi connectivity index (χ0n) is 14.2. The van der Waals surface area contributed by atoms with Gasteiger partial charge < -0.3 is 15.0 Å². The largest absolute Gasteiger partial charge is 0.573 e. The minimum atomic E-state index is -4.79. The molecule has 0 unspecified atom stereocenters. The van der Waals surface area contributed by atoms with Crippen molar-refractivity contribution in [3.63, 3.8) is 0 Å². The molecule has 0 saturated carbocycles. The third-order valence-electron chi connectivity index (χ3n) is 4.22. The summed E-state index contributed by atoms with van der Waals surface area (Å²) in [4.78, 5) is 27.1. The molecule has 2 aromatic rings. The fourth-order valence-electron chi connectivity index (χ4n) is 2.92. The van der Waals surface area contributed by atoms with Crippen molar-refractivity contribution in [3.05, 3.63) is 46.7 Å². The van der Waals surface area contributed by atoms with E-state index >= 15 is 0 Å². The maximum Gasteiger partial charge on any atom is 0.573 e. The lowest BCUT2D eigenvalue weighted by atomic mass is 9.95. The Balaban J connectivity index is 1.54. The lowest BCUT2D eigenvalue weighted by Crippen LogP contribution is -2.41. The number of likely N-dealkylation sites (tertiary alicyclic amines) is 1. The molecule has 1 saturated heterocycles. The standard InChI is InChI=1S/C18H17F3N2O3S/c19-18(20,21)26-14-4-1-3-13(11-14)22-16(24)12-6-8-23(9-7-12)17(25)15-5-2-10-27-15/h1-5,10-12H,6-9H2,(H,22,24). The van der Waals surface area contributed by atoms with E-state index in [1.807, 2.05) is 11.4 Å². The summed E-state index contributed by atoms with van der Waals surface area (Å²) in [7, 11) is 0. The number of hydrogen-bond donors (Lipinski definition) is 1. The number of anilines is 1. The molecule has 1 aromatic heterocycles. The number of carbonyl (C=O) groups excluding carboxylic acids is 2. The normalized spacial score (nSPS) is 15.4. The van der Waals surface area contributed by atoms with Crippen LogP contribution in [0.5, 0.6) is 5.75 Å². The molecule has 1 N–H and O–H groups in total. The molecule has 3 rings (SSSR count). The zero-order valence-corrected chi connectivity index (χ0v) is 15.0. The molecule has 9 heteroatoms. The van der Waals surface area contributed by atoms with Gasteiger partial charge in [0.25, 0.3) is 5.91 Å². The Bertz CT molecular complexity index is 800. The van der Waals surface area contributed by atoms with Gasteiger partial charge in [0.05, 0.1) is 4.88 Å². The van der Waals surface area contributed by atoms with Crippen LogP contribution in [0.1, 0.15) is 22.5 Å². The number of alkyl halides is 3. The fourth-order valence-corrected chi connectivity index (χ4v) is 3.61. The number of ether oxygens (including phenoxy) is 1. The van der Waals surface area contributed by atoms with Gasteiger partial charge in [-0.25, -0.2) is 0 Å². The van der Waals surface area contributed by atoms with Crippen LogP contribution < -0.4 is 10.1 Å². The van der Waals surface area contributed by atoms with Gasteiger partial charge >= 0.3 is 6.36 Å². The highest BCUT2D eigenvalue weighted by Crippen LogP contribution is 2.26. The van der Waals surface area contributed by atoms with E-state index in [2.05, 4.69) is 10.1 Å². The maximum absolute atomic E-state index is 12.4. The molecule has 1 aromatic carbocycles. The molecule has 2 heterocycles. The van der Waals surface area contributed by atoms with Gasteiger partial charge in [0, 0.05) is 30.8 Å². The number of nitrogens with one attached hydrogen (secondary N) is 1. The second kappa shape index (κ2) is 7.99. The Hall–Kier alpha value is -2.55. The molecule has 27 heavy (non-hydrogen) atoms. The van der Waals surface area contributed by atoms with Crippen LogP contribution in [-0.4, -0.2) is 36.2 Å². The maximum atomic E-state index is 12.4. The summed E-state index contributed by atoms with van der Waals surface area (Å²) in [6, 6.07) is 8.74. The van der Waals surface area contributed by atoms with Crippen LogP contribution >= 0.6 is 11.3 Å². The van der Waals surface area contributed by atoms with Gasteiger partial charge in [-0.2, -0.15) is 0 Å². The smallest absolute Gasteiger partial charge is 0.406 e. The summed E-state index contributed by atoms with van der Waals surface area (Å²) in [5.74, 6) is -1.01.